The van der Waals surface area contributed by atoms with Crippen molar-refractivity contribution in [2.24, 2.45) is 17.1 Å². The lowest BCUT2D eigenvalue weighted by Crippen LogP contribution is -2.59. The number of anilines is 1. The summed E-state index contributed by atoms with van der Waals surface area (Å²) in [7, 11) is 0. The molecule has 3 heterocycles. The number of nitrogens with two attached hydrogens (primary N) is 1. The molecule has 268 valence electrons. The van der Waals surface area contributed by atoms with E-state index in [0.29, 0.717) is 23.7 Å². The number of nitrogens with one attached hydrogen (secondary N) is 2. The van der Waals surface area contributed by atoms with Gasteiger partial charge in [0, 0.05) is 63.5 Å². The minimum Gasteiger partial charge on any atom is -0.391 e. The van der Waals surface area contributed by atoms with Gasteiger partial charge in [-0.25, -0.2) is 4.98 Å². The molecule has 0 saturated carbocycles. The molecule has 4 atom stereocenters. The third-order valence-corrected chi connectivity index (χ3v) is 9.19. The highest BCUT2D eigenvalue weighted by Crippen LogP contribution is 2.27. The Hall–Kier alpha value is -3.78. The Morgan fingerprint density at radius 2 is 1.73 bits per heavy atom. The molecule has 2 fully saturated rings. The zero-order valence-corrected chi connectivity index (χ0v) is 29.8. The standard InChI is InChI=1S/C35H50ClN7O6/c1-22(2)29(49-17-16-41-12-14-42(15-13-41)28-11-8-24(20-38-28)31(37)45)33(47)40-30(35(3,4)5)34(48)43-21-26(44)18-27(43)32(46)39-19-23-6-9-25(36)10-7-23/h6-11,20,22,26-27,29-30,44H,12-19,21H2,1-5H3,(H2,37,45)(H,39,46)(H,40,47)/t26-,27+,29+,30-/m1/s1. The highest BCUT2D eigenvalue weighted by molar-refractivity contribution is 6.30. The molecule has 1 aromatic carbocycles. The van der Waals surface area contributed by atoms with Crippen molar-refractivity contribution in [3.8, 4) is 0 Å². The van der Waals surface area contributed by atoms with Crippen LogP contribution in [0.3, 0.4) is 0 Å². The van der Waals surface area contributed by atoms with E-state index in [4.69, 9.17) is 22.1 Å². The number of benzene rings is 1. The number of β-amino-alcohol motifs (C(OH)–C–C–N with tert-alkyl or cyclic N) is 1. The van der Waals surface area contributed by atoms with Crippen molar-refractivity contribution in [2.45, 2.75) is 71.9 Å². The Labute approximate surface area is 293 Å². The van der Waals surface area contributed by atoms with E-state index in [0.717, 1.165) is 37.6 Å². The second kappa shape index (κ2) is 16.8. The molecule has 2 saturated heterocycles. The third-order valence-electron chi connectivity index (χ3n) is 8.94. The van der Waals surface area contributed by atoms with Crippen LogP contribution >= 0.6 is 11.6 Å². The maximum Gasteiger partial charge on any atom is 0.250 e. The summed E-state index contributed by atoms with van der Waals surface area (Å²) < 4.78 is 6.13. The number of aromatic nitrogens is 1. The average molecular weight is 700 g/mol. The van der Waals surface area contributed by atoms with Gasteiger partial charge >= 0.3 is 0 Å². The first-order valence-corrected chi connectivity index (χ1v) is 17.2. The van der Waals surface area contributed by atoms with Crippen LogP contribution in [0.25, 0.3) is 0 Å². The van der Waals surface area contributed by atoms with Gasteiger partial charge in [0.05, 0.1) is 18.3 Å². The fraction of sp³-hybridized carbons (Fsp3) is 0.571. The van der Waals surface area contributed by atoms with Crippen LogP contribution in [-0.2, 0) is 25.7 Å². The van der Waals surface area contributed by atoms with Crippen molar-refractivity contribution in [1.29, 1.82) is 0 Å². The largest absolute Gasteiger partial charge is 0.391 e. The molecule has 4 amide bonds. The number of piperazine rings is 1. The molecule has 1 aromatic heterocycles. The van der Waals surface area contributed by atoms with Gasteiger partial charge in [-0.1, -0.05) is 58.4 Å². The van der Waals surface area contributed by atoms with Crippen LogP contribution < -0.4 is 21.3 Å². The molecule has 14 heteroatoms. The second-order valence-electron chi connectivity index (χ2n) is 14.2. The van der Waals surface area contributed by atoms with Crippen LogP contribution in [0.2, 0.25) is 5.02 Å². The van der Waals surface area contributed by atoms with Crippen molar-refractivity contribution in [3.05, 3.63) is 58.7 Å². The first kappa shape index (κ1) is 38.0. The smallest absolute Gasteiger partial charge is 0.250 e. The van der Waals surface area contributed by atoms with E-state index in [-0.39, 0.29) is 31.3 Å². The average Bonchev–Trinajstić information content (AvgIpc) is 3.46. The van der Waals surface area contributed by atoms with Gasteiger partial charge in [0.1, 0.15) is 24.0 Å². The van der Waals surface area contributed by atoms with E-state index in [1.807, 2.05) is 34.6 Å². The fourth-order valence-corrected chi connectivity index (χ4v) is 6.18. The number of hydrogen-bond donors (Lipinski definition) is 4. The number of carbonyl (C=O) groups excluding carboxylic acids is 4. The summed E-state index contributed by atoms with van der Waals surface area (Å²) in [5, 5.41) is 16.9. The number of hydrogen-bond acceptors (Lipinski definition) is 9. The summed E-state index contributed by atoms with van der Waals surface area (Å²) >= 11 is 5.96. The van der Waals surface area contributed by atoms with Crippen molar-refractivity contribution in [3.63, 3.8) is 0 Å². The summed E-state index contributed by atoms with van der Waals surface area (Å²) in [6.45, 7) is 13.6. The zero-order chi connectivity index (χ0) is 35.9. The maximum atomic E-state index is 14.0. The quantitative estimate of drug-likeness (QED) is 0.244. The number of carbonyl (C=O) groups is 4. The van der Waals surface area contributed by atoms with E-state index >= 15 is 0 Å². The SMILES string of the molecule is CC(C)[C@H](OCCN1CCN(c2ccc(C(N)=O)cn2)CC1)C(=O)N[C@H](C(=O)N1C[C@H](O)C[C@H]1C(=O)NCc1ccc(Cl)cc1)C(C)(C)C. The Bertz CT molecular complexity index is 1440. The van der Waals surface area contributed by atoms with Gasteiger partial charge in [0.15, 0.2) is 0 Å². The predicted octanol–water partition coefficient (Wildman–Crippen LogP) is 1.81. The van der Waals surface area contributed by atoms with Crippen LogP contribution in [-0.4, -0.2) is 114 Å². The summed E-state index contributed by atoms with van der Waals surface area (Å²) in [5.74, 6) is -1.09. The highest BCUT2D eigenvalue weighted by Gasteiger charge is 2.45. The lowest BCUT2D eigenvalue weighted by atomic mass is 9.85. The fourth-order valence-electron chi connectivity index (χ4n) is 6.05. The second-order valence-corrected chi connectivity index (χ2v) is 14.6. The number of amides is 4. The van der Waals surface area contributed by atoms with Crippen LogP contribution in [0.5, 0.6) is 0 Å². The van der Waals surface area contributed by atoms with Gasteiger partial charge in [-0.05, 0) is 41.2 Å². The van der Waals surface area contributed by atoms with Gasteiger partial charge in [-0.2, -0.15) is 0 Å². The van der Waals surface area contributed by atoms with Crippen LogP contribution in [0, 0.1) is 11.3 Å². The minimum absolute atomic E-state index is 0.00751. The first-order chi connectivity index (χ1) is 23.1. The Kier molecular flexibility index (Phi) is 13.0. The molecule has 5 N–H and O–H groups in total. The number of likely N-dealkylation sites (tertiary alicyclic amines) is 1. The maximum absolute atomic E-state index is 14.0. The number of halogens is 1. The molecule has 2 aromatic rings. The van der Waals surface area contributed by atoms with E-state index in [1.54, 1.807) is 36.4 Å². The number of aliphatic hydroxyl groups excluding tert-OH is 1. The summed E-state index contributed by atoms with van der Waals surface area (Å²) in [4.78, 5) is 62.4. The number of nitrogens with zero attached hydrogens (tertiary/aromatic N) is 4. The lowest BCUT2D eigenvalue weighted by molar-refractivity contribution is -0.147. The molecule has 2 aliphatic heterocycles. The van der Waals surface area contributed by atoms with E-state index < -0.39 is 47.4 Å². The molecule has 0 radical (unpaired) electrons. The van der Waals surface area contributed by atoms with Crippen molar-refractivity contribution >= 4 is 41.0 Å². The highest BCUT2D eigenvalue weighted by atomic mass is 35.5. The zero-order valence-electron chi connectivity index (χ0n) is 29.0. The van der Waals surface area contributed by atoms with Crippen molar-refractivity contribution < 1.29 is 29.0 Å². The Morgan fingerprint density at radius 1 is 1.06 bits per heavy atom. The monoisotopic (exact) mass is 699 g/mol. The summed E-state index contributed by atoms with van der Waals surface area (Å²) in [6.07, 6.45) is -0.0679. The number of aliphatic hydroxyl groups is 1. The Balaban J connectivity index is 1.31. The molecule has 0 bridgehead atoms. The van der Waals surface area contributed by atoms with Gasteiger partial charge in [-0.3, -0.25) is 24.1 Å². The van der Waals surface area contributed by atoms with Crippen molar-refractivity contribution in [1.82, 2.24) is 25.4 Å². The summed E-state index contributed by atoms with van der Waals surface area (Å²) in [5.41, 5.74) is 5.84. The molecule has 4 rings (SSSR count). The lowest BCUT2D eigenvalue weighted by Gasteiger charge is -2.37. The molecular weight excluding hydrogens is 650 g/mol. The van der Waals surface area contributed by atoms with Gasteiger partial charge in [0.2, 0.25) is 23.6 Å². The molecule has 0 spiro atoms. The van der Waals surface area contributed by atoms with Gasteiger partial charge < -0.3 is 36.0 Å². The first-order valence-electron chi connectivity index (χ1n) is 16.8. The molecular formula is C35H50ClN7O6. The predicted molar refractivity (Wildman–Crippen MR) is 187 cm³/mol. The normalized spacial score (nSPS) is 19.8. The van der Waals surface area contributed by atoms with Crippen LogP contribution in [0.1, 0.15) is 57.0 Å². The number of rotatable bonds is 13. The molecule has 0 unspecified atom stereocenters. The molecule has 49 heavy (non-hydrogen) atoms. The minimum atomic E-state index is -0.958. The van der Waals surface area contributed by atoms with Crippen LogP contribution in [0.4, 0.5) is 5.82 Å². The van der Waals surface area contributed by atoms with Gasteiger partial charge in [0.25, 0.3) is 0 Å². The van der Waals surface area contributed by atoms with Gasteiger partial charge in [-0.15, -0.1) is 0 Å². The van der Waals surface area contributed by atoms with Crippen LogP contribution in [0.15, 0.2) is 42.6 Å². The summed E-state index contributed by atoms with van der Waals surface area (Å²) in [6, 6.07) is 8.72. The Morgan fingerprint density at radius 3 is 2.31 bits per heavy atom. The topological polar surface area (TPSA) is 170 Å². The van der Waals surface area contributed by atoms with E-state index in [9.17, 15) is 24.3 Å². The van der Waals surface area contributed by atoms with Crippen molar-refractivity contribution in [2.75, 3.05) is 50.8 Å². The number of pyridine rings is 1. The van der Waals surface area contributed by atoms with E-state index in [2.05, 4.69) is 25.4 Å². The molecule has 2 aliphatic rings. The molecule has 13 nitrogen and oxygen atoms in total. The van der Waals surface area contributed by atoms with E-state index in [1.165, 1.54) is 11.1 Å². The number of primary amides is 1. The third kappa shape index (κ3) is 10.4. The molecule has 0 aliphatic carbocycles. The number of ether oxygens (including phenoxy) is 1.